The Kier molecular flexibility index (Phi) is 5.53. The number of methoxy groups -OCH3 is 1. The van der Waals surface area contributed by atoms with E-state index in [1.54, 1.807) is 31.2 Å². The monoisotopic (exact) mass is 420 g/mol. The molecule has 0 aliphatic heterocycles. The van der Waals surface area contributed by atoms with E-state index < -0.39 is 4.92 Å². The number of H-pyrrole nitrogens is 1. The maximum absolute atomic E-state index is 12.7. The summed E-state index contributed by atoms with van der Waals surface area (Å²) in [5.41, 5.74) is 1.12. The van der Waals surface area contributed by atoms with Gasteiger partial charge in [0, 0.05) is 16.9 Å². The molecular formula is C18H14Cl2N4O4. The predicted octanol–water partition coefficient (Wildman–Crippen LogP) is 4.45. The highest BCUT2D eigenvalue weighted by Gasteiger charge is 2.17. The smallest absolute Gasteiger partial charge is 0.291 e. The summed E-state index contributed by atoms with van der Waals surface area (Å²) in [6, 6.07) is 9.33. The number of aryl methyl sites for hydroxylation is 1. The SMILES string of the molecule is COc1cc([N+](=O)[O-])c(Cl)cc1N=Cc1c(C)[nH]n(-c2cccc(Cl)c2)c1=O. The van der Waals surface area contributed by atoms with Crippen molar-refractivity contribution in [2.24, 2.45) is 4.99 Å². The fourth-order valence-corrected chi connectivity index (χ4v) is 2.99. The van der Waals surface area contributed by atoms with Crippen molar-refractivity contribution in [3.05, 3.63) is 78.2 Å². The molecule has 1 heterocycles. The first kappa shape index (κ1) is 19.7. The molecule has 144 valence electrons. The molecule has 3 aromatic rings. The Hall–Kier alpha value is -3.10. The van der Waals surface area contributed by atoms with Crippen LogP contribution in [0.5, 0.6) is 5.75 Å². The molecular weight excluding hydrogens is 407 g/mol. The summed E-state index contributed by atoms with van der Waals surface area (Å²) in [5, 5.41) is 14.4. The van der Waals surface area contributed by atoms with Crippen LogP contribution in [0, 0.1) is 17.0 Å². The molecule has 0 atom stereocenters. The Morgan fingerprint density at radius 2 is 2.04 bits per heavy atom. The molecule has 10 heteroatoms. The summed E-state index contributed by atoms with van der Waals surface area (Å²) in [4.78, 5) is 27.4. The molecule has 0 aliphatic rings. The van der Waals surface area contributed by atoms with Gasteiger partial charge in [0.05, 0.1) is 29.4 Å². The molecule has 8 nitrogen and oxygen atoms in total. The Morgan fingerprint density at radius 3 is 2.68 bits per heavy atom. The lowest BCUT2D eigenvalue weighted by Crippen LogP contribution is -2.17. The van der Waals surface area contributed by atoms with Crippen LogP contribution in [0.4, 0.5) is 11.4 Å². The fraction of sp³-hybridized carbons (Fsp3) is 0.111. The second-order valence-electron chi connectivity index (χ2n) is 5.76. The molecule has 0 amide bonds. The van der Waals surface area contributed by atoms with Crippen LogP contribution in [0.2, 0.25) is 10.0 Å². The van der Waals surface area contributed by atoms with Crippen LogP contribution in [-0.2, 0) is 0 Å². The van der Waals surface area contributed by atoms with Crippen LogP contribution >= 0.6 is 23.2 Å². The second kappa shape index (κ2) is 7.87. The van der Waals surface area contributed by atoms with E-state index in [2.05, 4.69) is 10.1 Å². The first-order chi connectivity index (χ1) is 13.3. The second-order valence-corrected chi connectivity index (χ2v) is 6.61. The number of hydrogen-bond donors (Lipinski definition) is 1. The predicted molar refractivity (Wildman–Crippen MR) is 108 cm³/mol. The van der Waals surface area contributed by atoms with E-state index in [1.807, 2.05) is 0 Å². The van der Waals surface area contributed by atoms with E-state index in [9.17, 15) is 14.9 Å². The third-order valence-electron chi connectivity index (χ3n) is 3.96. The van der Waals surface area contributed by atoms with Crippen LogP contribution in [0.3, 0.4) is 0 Å². The van der Waals surface area contributed by atoms with Gasteiger partial charge in [0.2, 0.25) is 0 Å². The zero-order valence-electron chi connectivity index (χ0n) is 14.8. The van der Waals surface area contributed by atoms with Crippen molar-refractivity contribution in [1.82, 2.24) is 9.78 Å². The first-order valence-corrected chi connectivity index (χ1v) is 8.71. The standard InChI is InChI=1S/C18H14Cl2N4O4/c1-10-13(18(25)23(22-10)12-5-3-4-11(19)6-12)9-21-15-7-14(20)16(24(26)27)8-17(15)28-2/h3-9,22H,1-2H3. The Balaban J connectivity index is 2.03. The van der Waals surface area contributed by atoms with E-state index in [-0.39, 0.29) is 27.7 Å². The van der Waals surface area contributed by atoms with E-state index in [1.165, 1.54) is 30.1 Å². The fourth-order valence-electron chi connectivity index (χ4n) is 2.58. The lowest BCUT2D eigenvalue weighted by molar-refractivity contribution is -0.384. The molecule has 3 rings (SSSR count). The molecule has 0 radical (unpaired) electrons. The molecule has 1 aromatic heterocycles. The number of nitro groups is 1. The van der Waals surface area contributed by atoms with Gasteiger partial charge in [0.25, 0.3) is 11.2 Å². The molecule has 0 fully saturated rings. The minimum Gasteiger partial charge on any atom is -0.494 e. The number of benzene rings is 2. The minimum absolute atomic E-state index is 0.0833. The highest BCUT2D eigenvalue weighted by atomic mass is 35.5. The minimum atomic E-state index is -0.613. The van der Waals surface area contributed by atoms with Crippen LogP contribution in [0.25, 0.3) is 5.69 Å². The van der Waals surface area contributed by atoms with Gasteiger partial charge in [-0.3, -0.25) is 25.0 Å². The average Bonchev–Trinajstić information content (AvgIpc) is 2.93. The van der Waals surface area contributed by atoms with Gasteiger partial charge in [-0.05, 0) is 31.2 Å². The van der Waals surface area contributed by atoms with E-state index in [0.29, 0.717) is 22.0 Å². The number of nitrogens with zero attached hydrogens (tertiary/aromatic N) is 3. The lowest BCUT2D eigenvalue weighted by Gasteiger charge is -2.05. The van der Waals surface area contributed by atoms with Gasteiger partial charge < -0.3 is 4.74 Å². The van der Waals surface area contributed by atoms with Crippen LogP contribution < -0.4 is 10.3 Å². The number of rotatable bonds is 5. The van der Waals surface area contributed by atoms with E-state index in [0.717, 1.165) is 0 Å². The van der Waals surface area contributed by atoms with Gasteiger partial charge in [0.15, 0.2) is 5.75 Å². The largest absolute Gasteiger partial charge is 0.494 e. The van der Waals surface area contributed by atoms with Crippen LogP contribution in [-0.4, -0.2) is 28.0 Å². The number of ether oxygens (including phenoxy) is 1. The Labute approximate surface area is 169 Å². The molecule has 2 aromatic carbocycles. The van der Waals surface area contributed by atoms with Crippen molar-refractivity contribution in [3.8, 4) is 11.4 Å². The number of nitrogens with one attached hydrogen (secondary N) is 1. The third kappa shape index (κ3) is 3.78. The number of halogens is 2. The van der Waals surface area contributed by atoms with Crippen LogP contribution in [0.15, 0.2) is 46.2 Å². The summed E-state index contributed by atoms with van der Waals surface area (Å²) in [5.74, 6) is 0.163. The molecule has 28 heavy (non-hydrogen) atoms. The number of aliphatic imine (C=N–C) groups is 1. The zero-order valence-corrected chi connectivity index (χ0v) is 16.3. The van der Waals surface area contributed by atoms with Gasteiger partial charge in [-0.15, -0.1) is 0 Å². The first-order valence-electron chi connectivity index (χ1n) is 7.95. The van der Waals surface area contributed by atoms with Crippen molar-refractivity contribution >= 4 is 40.8 Å². The number of aromatic amines is 1. The summed E-state index contributed by atoms with van der Waals surface area (Å²) < 4.78 is 6.49. The molecule has 0 saturated heterocycles. The normalized spacial score (nSPS) is 11.1. The van der Waals surface area contributed by atoms with E-state index in [4.69, 9.17) is 27.9 Å². The van der Waals surface area contributed by atoms with Crippen LogP contribution in [0.1, 0.15) is 11.3 Å². The summed E-state index contributed by atoms with van der Waals surface area (Å²) in [6.45, 7) is 1.73. The molecule has 1 N–H and O–H groups in total. The summed E-state index contributed by atoms with van der Waals surface area (Å²) in [6.07, 6.45) is 1.36. The summed E-state index contributed by atoms with van der Waals surface area (Å²) in [7, 11) is 1.36. The van der Waals surface area contributed by atoms with Gasteiger partial charge in [-0.25, -0.2) is 4.68 Å². The lowest BCUT2D eigenvalue weighted by atomic mass is 10.2. The molecule has 0 bridgehead atoms. The highest BCUT2D eigenvalue weighted by molar-refractivity contribution is 6.33. The zero-order chi connectivity index (χ0) is 20.4. The number of nitro benzene ring substituents is 1. The Bertz CT molecular complexity index is 1150. The topological polar surface area (TPSA) is 103 Å². The van der Waals surface area contributed by atoms with Crippen molar-refractivity contribution < 1.29 is 9.66 Å². The Morgan fingerprint density at radius 1 is 1.29 bits per heavy atom. The molecule has 0 saturated carbocycles. The summed E-state index contributed by atoms with van der Waals surface area (Å²) >= 11 is 11.9. The average molecular weight is 421 g/mol. The van der Waals surface area contributed by atoms with Crippen molar-refractivity contribution in [3.63, 3.8) is 0 Å². The van der Waals surface area contributed by atoms with Crippen molar-refractivity contribution in [2.45, 2.75) is 6.92 Å². The maximum atomic E-state index is 12.7. The van der Waals surface area contributed by atoms with Crippen molar-refractivity contribution in [2.75, 3.05) is 7.11 Å². The molecule has 0 spiro atoms. The number of aromatic nitrogens is 2. The number of hydrogen-bond acceptors (Lipinski definition) is 5. The molecule has 0 aliphatic carbocycles. The highest BCUT2D eigenvalue weighted by Crippen LogP contribution is 2.37. The van der Waals surface area contributed by atoms with Gasteiger partial charge >= 0.3 is 0 Å². The quantitative estimate of drug-likeness (QED) is 0.374. The van der Waals surface area contributed by atoms with Crippen molar-refractivity contribution in [1.29, 1.82) is 0 Å². The van der Waals surface area contributed by atoms with Gasteiger partial charge in [0.1, 0.15) is 10.7 Å². The van der Waals surface area contributed by atoms with E-state index >= 15 is 0 Å². The third-order valence-corrected chi connectivity index (χ3v) is 4.50. The van der Waals surface area contributed by atoms with Gasteiger partial charge in [-0.2, -0.15) is 0 Å². The maximum Gasteiger partial charge on any atom is 0.291 e. The molecule has 0 unspecified atom stereocenters. The van der Waals surface area contributed by atoms with Gasteiger partial charge in [-0.1, -0.05) is 29.3 Å².